The van der Waals surface area contributed by atoms with E-state index in [4.69, 9.17) is 9.47 Å². The summed E-state index contributed by atoms with van der Waals surface area (Å²) < 4.78 is 10.4. The predicted molar refractivity (Wildman–Crippen MR) is 51.8 cm³/mol. The number of hydrogen-bond acceptors (Lipinski definition) is 4. The maximum absolute atomic E-state index is 9.33. The van der Waals surface area contributed by atoms with Gasteiger partial charge in [0.05, 0.1) is 19.3 Å². The lowest BCUT2D eigenvalue weighted by molar-refractivity contribution is -0.0369. The molecule has 0 aromatic carbocycles. The maximum Gasteiger partial charge on any atom is 0.101 e. The van der Waals surface area contributed by atoms with Gasteiger partial charge in [0.2, 0.25) is 0 Å². The van der Waals surface area contributed by atoms with Crippen molar-refractivity contribution in [1.82, 2.24) is 5.32 Å². The van der Waals surface area contributed by atoms with E-state index < -0.39 is 6.10 Å². The van der Waals surface area contributed by atoms with Crippen LogP contribution in [0.4, 0.5) is 0 Å². The van der Waals surface area contributed by atoms with Gasteiger partial charge < -0.3 is 19.9 Å². The highest BCUT2D eigenvalue weighted by Crippen LogP contribution is 1.93. The zero-order valence-corrected chi connectivity index (χ0v) is 8.75. The molecule has 4 nitrogen and oxygen atoms in total. The van der Waals surface area contributed by atoms with Gasteiger partial charge in [0.1, 0.15) is 6.10 Å². The first kappa shape index (κ1) is 12.8. The largest absolute Gasteiger partial charge is 0.388 e. The van der Waals surface area contributed by atoms with Crippen molar-refractivity contribution < 1.29 is 14.6 Å². The monoisotopic (exact) mass is 191 g/mol. The van der Waals surface area contributed by atoms with E-state index in [0.717, 1.165) is 6.54 Å². The lowest BCUT2D eigenvalue weighted by Crippen LogP contribution is -2.29. The first-order chi connectivity index (χ1) is 6.20. The molecule has 0 aromatic heterocycles. The van der Waals surface area contributed by atoms with E-state index in [-0.39, 0.29) is 6.10 Å². The molecular formula is C9H21NO3. The lowest BCUT2D eigenvalue weighted by atomic mass is 10.3. The van der Waals surface area contributed by atoms with E-state index in [1.54, 1.807) is 0 Å². The van der Waals surface area contributed by atoms with Crippen molar-refractivity contribution in [2.24, 2.45) is 0 Å². The molecule has 0 aliphatic heterocycles. The van der Waals surface area contributed by atoms with Gasteiger partial charge in [-0.1, -0.05) is 0 Å². The molecule has 0 spiro atoms. The SMILES string of the molecule is CCOCC(O)COC(C)CNC. The molecule has 2 unspecified atom stereocenters. The van der Waals surface area contributed by atoms with Gasteiger partial charge in [0.15, 0.2) is 0 Å². The molecule has 0 bridgehead atoms. The van der Waals surface area contributed by atoms with E-state index in [0.29, 0.717) is 19.8 Å². The summed E-state index contributed by atoms with van der Waals surface area (Å²) in [4.78, 5) is 0. The summed E-state index contributed by atoms with van der Waals surface area (Å²) in [5, 5.41) is 12.3. The standard InChI is InChI=1S/C9H21NO3/c1-4-12-6-9(11)7-13-8(2)5-10-3/h8-11H,4-7H2,1-3H3. The Kier molecular flexibility index (Phi) is 8.33. The number of likely N-dealkylation sites (N-methyl/N-ethyl adjacent to an activating group) is 1. The van der Waals surface area contributed by atoms with Crippen molar-refractivity contribution in [3.63, 3.8) is 0 Å². The first-order valence-electron chi connectivity index (χ1n) is 4.72. The summed E-state index contributed by atoms with van der Waals surface area (Å²) in [7, 11) is 1.87. The van der Waals surface area contributed by atoms with Crippen molar-refractivity contribution in [1.29, 1.82) is 0 Å². The molecule has 0 saturated heterocycles. The number of rotatable bonds is 8. The fourth-order valence-electron chi connectivity index (χ4n) is 0.924. The van der Waals surface area contributed by atoms with Gasteiger partial charge in [0, 0.05) is 13.2 Å². The van der Waals surface area contributed by atoms with Gasteiger partial charge in [-0.3, -0.25) is 0 Å². The molecule has 0 aliphatic carbocycles. The van der Waals surface area contributed by atoms with Crippen LogP contribution in [0.5, 0.6) is 0 Å². The average Bonchev–Trinajstić information content (AvgIpc) is 2.12. The maximum atomic E-state index is 9.33. The first-order valence-corrected chi connectivity index (χ1v) is 4.72. The van der Waals surface area contributed by atoms with Crippen LogP contribution in [0.25, 0.3) is 0 Å². The Balaban J connectivity index is 3.29. The van der Waals surface area contributed by atoms with Crippen molar-refractivity contribution in [2.75, 3.05) is 33.4 Å². The third-order valence-corrected chi connectivity index (χ3v) is 1.58. The molecule has 80 valence electrons. The van der Waals surface area contributed by atoms with E-state index >= 15 is 0 Å². The van der Waals surface area contributed by atoms with Crippen LogP contribution in [0.3, 0.4) is 0 Å². The van der Waals surface area contributed by atoms with E-state index in [9.17, 15) is 5.11 Å². The molecule has 0 aliphatic rings. The van der Waals surface area contributed by atoms with Crippen molar-refractivity contribution in [2.45, 2.75) is 26.1 Å². The molecule has 4 heteroatoms. The average molecular weight is 191 g/mol. The predicted octanol–water partition coefficient (Wildman–Crippen LogP) is 0.00830. The summed E-state index contributed by atoms with van der Waals surface area (Å²) >= 11 is 0. The van der Waals surface area contributed by atoms with Crippen molar-refractivity contribution in [3.05, 3.63) is 0 Å². The highest BCUT2D eigenvalue weighted by atomic mass is 16.5. The van der Waals surface area contributed by atoms with Crippen LogP contribution in [0.1, 0.15) is 13.8 Å². The molecule has 0 rings (SSSR count). The summed E-state index contributed by atoms with van der Waals surface area (Å²) in [5.74, 6) is 0. The Morgan fingerprint density at radius 1 is 1.38 bits per heavy atom. The van der Waals surface area contributed by atoms with Crippen LogP contribution >= 0.6 is 0 Å². The van der Waals surface area contributed by atoms with Crippen LogP contribution in [-0.4, -0.2) is 50.7 Å². The second-order valence-corrected chi connectivity index (χ2v) is 3.01. The highest BCUT2D eigenvalue weighted by Gasteiger charge is 2.06. The summed E-state index contributed by atoms with van der Waals surface area (Å²) in [6, 6.07) is 0. The quantitative estimate of drug-likeness (QED) is 0.567. The summed E-state index contributed by atoms with van der Waals surface area (Å²) in [5.41, 5.74) is 0. The molecule has 0 fully saturated rings. The minimum absolute atomic E-state index is 0.126. The Morgan fingerprint density at radius 3 is 2.62 bits per heavy atom. The Hall–Kier alpha value is -0.160. The molecule has 13 heavy (non-hydrogen) atoms. The van der Waals surface area contributed by atoms with Crippen LogP contribution in [0, 0.1) is 0 Å². The van der Waals surface area contributed by atoms with Gasteiger partial charge in [-0.05, 0) is 20.9 Å². The van der Waals surface area contributed by atoms with E-state index in [1.807, 2.05) is 20.9 Å². The van der Waals surface area contributed by atoms with Gasteiger partial charge >= 0.3 is 0 Å². The fourth-order valence-corrected chi connectivity index (χ4v) is 0.924. The third-order valence-electron chi connectivity index (χ3n) is 1.58. The van der Waals surface area contributed by atoms with Crippen LogP contribution in [-0.2, 0) is 9.47 Å². The third kappa shape index (κ3) is 8.18. The molecule has 0 aromatic rings. The molecule has 0 heterocycles. The zero-order valence-electron chi connectivity index (χ0n) is 8.75. The van der Waals surface area contributed by atoms with Crippen LogP contribution in [0.15, 0.2) is 0 Å². The smallest absolute Gasteiger partial charge is 0.101 e. The Morgan fingerprint density at radius 2 is 2.08 bits per heavy atom. The molecule has 0 radical (unpaired) electrons. The van der Waals surface area contributed by atoms with E-state index in [2.05, 4.69) is 5.32 Å². The zero-order chi connectivity index (χ0) is 10.1. The van der Waals surface area contributed by atoms with Crippen molar-refractivity contribution in [3.8, 4) is 0 Å². The van der Waals surface area contributed by atoms with Crippen LogP contribution < -0.4 is 5.32 Å². The fraction of sp³-hybridized carbons (Fsp3) is 1.00. The second-order valence-electron chi connectivity index (χ2n) is 3.01. The molecule has 2 atom stereocenters. The minimum atomic E-state index is -0.515. The van der Waals surface area contributed by atoms with Gasteiger partial charge in [0.25, 0.3) is 0 Å². The molecular weight excluding hydrogens is 170 g/mol. The minimum Gasteiger partial charge on any atom is -0.388 e. The number of nitrogens with one attached hydrogen (secondary N) is 1. The molecule has 2 N–H and O–H groups in total. The number of ether oxygens (including phenoxy) is 2. The summed E-state index contributed by atoms with van der Waals surface area (Å²) in [6.45, 7) is 5.97. The number of aliphatic hydroxyl groups is 1. The van der Waals surface area contributed by atoms with Crippen LogP contribution in [0.2, 0.25) is 0 Å². The normalized spacial score (nSPS) is 15.7. The molecule has 0 saturated carbocycles. The lowest BCUT2D eigenvalue weighted by Gasteiger charge is -2.15. The van der Waals surface area contributed by atoms with Gasteiger partial charge in [-0.15, -0.1) is 0 Å². The topological polar surface area (TPSA) is 50.7 Å². The number of hydrogen-bond donors (Lipinski definition) is 2. The second kappa shape index (κ2) is 8.44. The van der Waals surface area contributed by atoms with Gasteiger partial charge in [-0.25, -0.2) is 0 Å². The van der Waals surface area contributed by atoms with Crippen molar-refractivity contribution >= 4 is 0 Å². The van der Waals surface area contributed by atoms with E-state index in [1.165, 1.54) is 0 Å². The highest BCUT2D eigenvalue weighted by molar-refractivity contribution is 4.56. The Bertz CT molecular complexity index is 111. The molecule has 0 amide bonds. The van der Waals surface area contributed by atoms with Gasteiger partial charge in [-0.2, -0.15) is 0 Å². The Labute approximate surface area is 80.2 Å². The summed E-state index contributed by atoms with van der Waals surface area (Å²) in [6.07, 6.45) is -0.388. The number of aliphatic hydroxyl groups excluding tert-OH is 1.